The van der Waals surface area contributed by atoms with Crippen molar-refractivity contribution in [1.82, 2.24) is 25.1 Å². The number of aromatic nitrogens is 2. The summed E-state index contributed by atoms with van der Waals surface area (Å²) in [5.41, 5.74) is 1.55. The van der Waals surface area contributed by atoms with Gasteiger partial charge in [0.05, 0.1) is 11.7 Å². The van der Waals surface area contributed by atoms with E-state index < -0.39 is 0 Å². The van der Waals surface area contributed by atoms with Gasteiger partial charge in [0.2, 0.25) is 0 Å². The summed E-state index contributed by atoms with van der Waals surface area (Å²) in [7, 11) is 6.17. The van der Waals surface area contributed by atoms with Crippen LogP contribution in [0.15, 0.2) is 35.5 Å². The second-order valence-electron chi connectivity index (χ2n) is 8.49. The van der Waals surface area contributed by atoms with E-state index in [0.717, 1.165) is 60.4 Å². The number of ether oxygens (including phenoxy) is 1. The van der Waals surface area contributed by atoms with Crippen molar-refractivity contribution < 1.29 is 4.74 Å². The van der Waals surface area contributed by atoms with E-state index in [1.54, 1.807) is 6.20 Å². The van der Waals surface area contributed by atoms with Crippen LogP contribution in [-0.4, -0.2) is 78.5 Å². The first-order chi connectivity index (χ1) is 14.9. The number of rotatable bonds is 6. The number of likely N-dealkylation sites (N-methyl/N-ethyl adjacent to an activating group) is 1. The molecule has 1 saturated heterocycles. The van der Waals surface area contributed by atoms with Crippen LogP contribution in [0.3, 0.4) is 0 Å². The molecule has 31 heavy (non-hydrogen) atoms. The van der Waals surface area contributed by atoms with E-state index in [4.69, 9.17) is 21.3 Å². The van der Waals surface area contributed by atoms with Gasteiger partial charge < -0.3 is 25.2 Å². The molecule has 0 radical (unpaired) electrons. The molecule has 1 spiro atoms. The van der Waals surface area contributed by atoms with Crippen LogP contribution in [0.2, 0.25) is 5.02 Å². The molecule has 0 unspecified atom stereocenters. The molecule has 0 amide bonds. The quantitative estimate of drug-likeness (QED) is 0.710. The van der Waals surface area contributed by atoms with Gasteiger partial charge in [0.1, 0.15) is 18.1 Å². The number of anilines is 1. The van der Waals surface area contributed by atoms with Crippen LogP contribution in [0.25, 0.3) is 0 Å². The Morgan fingerprint density at radius 3 is 2.84 bits per heavy atom. The maximum absolute atomic E-state index is 6.15. The highest BCUT2D eigenvalue weighted by Gasteiger charge is 2.42. The zero-order valence-electron chi connectivity index (χ0n) is 18.4. The Labute approximate surface area is 188 Å². The Kier molecular flexibility index (Phi) is 6.60. The van der Waals surface area contributed by atoms with Crippen LogP contribution >= 0.6 is 11.6 Å². The lowest BCUT2D eigenvalue weighted by atomic mass is 9.85. The Hall–Kier alpha value is -2.42. The molecule has 8 nitrogen and oxygen atoms in total. The van der Waals surface area contributed by atoms with E-state index in [-0.39, 0.29) is 5.54 Å². The van der Waals surface area contributed by atoms with Crippen molar-refractivity contribution in [2.75, 3.05) is 52.7 Å². The molecule has 2 aliphatic heterocycles. The molecule has 1 aromatic heterocycles. The third-order valence-corrected chi connectivity index (χ3v) is 5.98. The summed E-state index contributed by atoms with van der Waals surface area (Å²) in [6.45, 7) is 3.97. The molecule has 0 bridgehead atoms. The normalized spacial score (nSPS) is 17.8. The molecular formula is C22H30ClN7O. The predicted molar refractivity (Wildman–Crippen MR) is 125 cm³/mol. The number of benzene rings is 1. The largest absolute Gasteiger partial charge is 0.462 e. The van der Waals surface area contributed by atoms with Gasteiger partial charge in [-0.2, -0.15) is 4.98 Å². The zero-order valence-corrected chi connectivity index (χ0v) is 19.1. The summed E-state index contributed by atoms with van der Waals surface area (Å²) in [5.74, 6) is 1.66. The van der Waals surface area contributed by atoms with Crippen molar-refractivity contribution in [1.29, 1.82) is 0 Å². The van der Waals surface area contributed by atoms with Crippen molar-refractivity contribution in [2.45, 2.75) is 24.9 Å². The van der Waals surface area contributed by atoms with Gasteiger partial charge in [0.25, 0.3) is 0 Å². The fourth-order valence-electron chi connectivity index (χ4n) is 3.84. The fourth-order valence-corrected chi connectivity index (χ4v) is 4.05. The van der Waals surface area contributed by atoms with Crippen molar-refractivity contribution >= 4 is 28.9 Å². The van der Waals surface area contributed by atoms with Crippen molar-refractivity contribution in [3.8, 4) is 6.01 Å². The summed E-state index contributed by atoms with van der Waals surface area (Å²) >= 11 is 6.15. The molecule has 0 saturated carbocycles. The van der Waals surface area contributed by atoms with E-state index in [0.29, 0.717) is 19.2 Å². The van der Waals surface area contributed by atoms with E-state index in [1.807, 2.05) is 32.3 Å². The number of hydrogen-bond donors (Lipinski definition) is 2. The number of amidine groups is 1. The molecule has 166 valence electrons. The van der Waals surface area contributed by atoms with Gasteiger partial charge in [0, 0.05) is 31.2 Å². The standard InChI is InChI=1S/C22H30ClN7O/c1-29(2)11-12-31-21-25-15-18-19(27-21)28-22(7-9-30(3)10-8-22)20(26-18)24-14-16-5-4-6-17(23)13-16/h4-6,13,15H,7-12,14H2,1-3H3,(H,24,26)(H,25,27,28). The smallest absolute Gasteiger partial charge is 0.318 e. The first-order valence-corrected chi connectivity index (χ1v) is 11.0. The second-order valence-corrected chi connectivity index (χ2v) is 8.93. The number of nitrogens with one attached hydrogen (secondary N) is 2. The number of nitrogens with zero attached hydrogens (tertiary/aromatic N) is 5. The lowest BCUT2D eigenvalue weighted by molar-refractivity contribution is 0.236. The summed E-state index contributed by atoms with van der Waals surface area (Å²) < 4.78 is 5.73. The number of halogens is 1. The number of likely N-dealkylation sites (tertiary alicyclic amines) is 1. The van der Waals surface area contributed by atoms with Gasteiger partial charge in [-0.1, -0.05) is 23.7 Å². The highest BCUT2D eigenvalue weighted by atomic mass is 35.5. The van der Waals surface area contributed by atoms with E-state index in [9.17, 15) is 0 Å². The number of fused-ring (bicyclic) bond motifs is 1. The third-order valence-electron chi connectivity index (χ3n) is 5.75. The molecular weight excluding hydrogens is 414 g/mol. The number of aliphatic imine (C=N–C) groups is 1. The monoisotopic (exact) mass is 443 g/mol. The van der Waals surface area contributed by atoms with Gasteiger partial charge in [-0.15, -0.1) is 0 Å². The predicted octanol–water partition coefficient (Wildman–Crippen LogP) is 2.78. The molecule has 9 heteroatoms. The van der Waals surface area contributed by atoms with Gasteiger partial charge in [-0.05, 0) is 51.7 Å². The first-order valence-electron chi connectivity index (χ1n) is 10.6. The molecule has 2 N–H and O–H groups in total. The van der Waals surface area contributed by atoms with Crippen LogP contribution in [-0.2, 0) is 6.54 Å². The summed E-state index contributed by atoms with van der Waals surface area (Å²) in [6, 6.07) is 8.26. The molecule has 4 rings (SSSR count). The fraction of sp³-hybridized carbons (Fsp3) is 0.500. The van der Waals surface area contributed by atoms with Gasteiger partial charge in [-0.25, -0.2) is 9.98 Å². The molecule has 0 aliphatic carbocycles. The van der Waals surface area contributed by atoms with Crippen LogP contribution in [0.5, 0.6) is 6.01 Å². The average molecular weight is 444 g/mol. The molecule has 0 atom stereocenters. The van der Waals surface area contributed by atoms with E-state index in [1.165, 1.54) is 0 Å². The molecule has 2 aliphatic rings. The van der Waals surface area contributed by atoms with Gasteiger partial charge in [-0.3, -0.25) is 0 Å². The second kappa shape index (κ2) is 9.38. The molecule has 3 heterocycles. The Bertz CT molecular complexity index is 941. The topological polar surface area (TPSA) is 77.9 Å². The minimum Gasteiger partial charge on any atom is -0.462 e. The SMILES string of the molecule is CN(C)CCOc1ncc2c(n1)NC1(CCN(C)CC1)C(NCc1cccc(Cl)c1)=N2. The molecule has 1 aromatic carbocycles. The lowest BCUT2D eigenvalue weighted by Gasteiger charge is -2.44. The summed E-state index contributed by atoms with van der Waals surface area (Å²) in [4.78, 5) is 18.3. The Morgan fingerprint density at radius 2 is 2.10 bits per heavy atom. The molecule has 1 fully saturated rings. The van der Waals surface area contributed by atoms with Crippen LogP contribution < -0.4 is 15.4 Å². The third kappa shape index (κ3) is 5.26. The van der Waals surface area contributed by atoms with Crippen molar-refractivity contribution in [3.05, 3.63) is 41.0 Å². The zero-order chi connectivity index (χ0) is 21.8. The molecule has 2 aromatic rings. The summed E-state index contributed by atoms with van der Waals surface area (Å²) in [5, 5.41) is 7.98. The minimum absolute atomic E-state index is 0.284. The lowest BCUT2D eigenvalue weighted by Crippen LogP contribution is -2.58. The summed E-state index contributed by atoms with van der Waals surface area (Å²) in [6.07, 6.45) is 3.60. The maximum Gasteiger partial charge on any atom is 0.318 e. The minimum atomic E-state index is -0.284. The Morgan fingerprint density at radius 1 is 1.29 bits per heavy atom. The van der Waals surface area contributed by atoms with E-state index in [2.05, 4.69) is 43.5 Å². The van der Waals surface area contributed by atoms with Gasteiger partial charge >= 0.3 is 6.01 Å². The van der Waals surface area contributed by atoms with Crippen LogP contribution in [0, 0.1) is 0 Å². The van der Waals surface area contributed by atoms with E-state index >= 15 is 0 Å². The van der Waals surface area contributed by atoms with Crippen molar-refractivity contribution in [2.24, 2.45) is 4.99 Å². The number of piperidine rings is 1. The highest BCUT2D eigenvalue weighted by molar-refractivity contribution is 6.30. The Balaban J connectivity index is 1.56. The van der Waals surface area contributed by atoms with Crippen molar-refractivity contribution in [3.63, 3.8) is 0 Å². The van der Waals surface area contributed by atoms with Crippen LogP contribution in [0.4, 0.5) is 11.5 Å². The first kappa shape index (κ1) is 21.8. The maximum atomic E-state index is 6.15. The van der Waals surface area contributed by atoms with Crippen LogP contribution in [0.1, 0.15) is 18.4 Å². The van der Waals surface area contributed by atoms with Gasteiger partial charge in [0.15, 0.2) is 5.82 Å². The average Bonchev–Trinajstić information content (AvgIpc) is 2.74. The highest BCUT2D eigenvalue weighted by Crippen LogP contribution is 2.37. The number of hydrogen-bond acceptors (Lipinski definition) is 8.